The van der Waals surface area contributed by atoms with Crippen LogP contribution >= 0.6 is 11.6 Å². The highest BCUT2D eigenvalue weighted by molar-refractivity contribution is 6.33. The van der Waals surface area contributed by atoms with Crippen LogP contribution in [0.25, 0.3) is 0 Å². The van der Waals surface area contributed by atoms with E-state index in [1.165, 1.54) is 57.1 Å². The summed E-state index contributed by atoms with van der Waals surface area (Å²) in [6.45, 7) is 3.03. The lowest BCUT2D eigenvalue weighted by molar-refractivity contribution is -0.384. The van der Waals surface area contributed by atoms with Gasteiger partial charge in [0.2, 0.25) is 0 Å². The molecule has 0 aromatic heterocycles. The van der Waals surface area contributed by atoms with E-state index in [4.69, 9.17) is 11.6 Å². The lowest BCUT2D eigenvalue weighted by atomic mass is 10.1. The van der Waals surface area contributed by atoms with Gasteiger partial charge in [-0.15, -0.1) is 0 Å². The lowest BCUT2D eigenvalue weighted by Crippen LogP contribution is -2.02. The summed E-state index contributed by atoms with van der Waals surface area (Å²) in [5, 5.41) is 14.4. The van der Waals surface area contributed by atoms with Gasteiger partial charge in [0.15, 0.2) is 0 Å². The molecule has 1 rings (SSSR count). The third-order valence-electron chi connectivity index (χ3n) is 3.51. The summed E-state index contributed by atoms with van der Waals surface area (Å²) in [6.07, 6.45) is 10.1. The standard InChI is InChI=1S/C16H25ClN2O2/c1-2-3-4-5-6-7-8-9-12-18-16-13-14(19(20)21)10-11-15(16)17/h10-11,13,18H,2-9,12H2,1H3. The molecule has 0 aliphatic heterocycles. The van der Waals surface area contributed by atoms with Crippen molar-refractivity contribution < 1.29 is 4.92 Å². The van der Waals surface area contributed by atoms with Crippen molar-refractivity contribution in [3.05, 3.63) is 33.3 Å². The Labute approximate surface area is 132 Å². The van der Waals surface area contributed by atoms with Gasteiger partial charge in [-0.2, -0.15) is 0 Å². The SMILES string of the molecule is CCCCCCCCCCNc1cc([N+](=O)[O-])ccc1Cl. The molecule has 0 aliphatic carbocycles. The number of halogens is 1. The molecule has 1 aromatic carbocycles. The van der Waals surface area contributed by atoms with E-state index in [1.54, 1.807) is 6.07 Å². The van der Waals surface area contributed by atoms with Crippen LogP contribution in [-0.4, -0.2) is 11.5 Å². The lowest BCUT2D eigenvalue weighted by Gasteiger charge is -2.08. The number of anilines is 1. The van der Waals surface area contributed by atoms with Crippen molar-refractivity contribution in [1.29, 1.82) is 0 Å². The molecule has 0 unspecified atom stereocenters. The van der Waals surface area contributed by atoms with Crippen molar-refractivity contribution in [2.24, 2.45) is 0 Å². The van der Waals surface area contributed by atoms with Crippen molar-refractivity contribution >= 4 is 23.0 Å². The van der Waals surface area contributed by atoms with Crippen LogP contribution in [0, 0.1) is 10.1 Å². The number of nitro groups is 1. The quantitative estimate of drug-likeness (QED) is 0.319. The summed E-state index contributed by atoms with van der Waals surface area (Å²) in [5.41, 5.74) is 0.714. The number of unbranched alkanes of at least 4 members (excludes halogenated alkanes) is 7. The maximum absolute atomic E-state index is 10.7. The molecule has 0 heterocycles. The Morgan fingerprint density at radius 3 is 2.33 bits per heavy atom. The van der Waals surface area contributed by atoms with Gasteiger partial charge in [-0.25, -0.2) is 0 Å². The second-order valence-electron chi connectivity index (χ2n) is 5.32. The minimum absolute atomic E-state index is 0.0674. The molecule has 5 heteroatoms. The van der Waals surface area contributed by atoms with Crippen LogP contribution < -0.4 is 5.32 Å². The molecular formula is C16H25ClN2O2. The zero-order valence-electron chi connectivity index (χ0n) is 12.7. The van der Waals surface area contributed by atoms with Crippen LogP contribution in [-0.2, 0) is 0 Å². The van der Waals surface area contributed by atoms with Gasteiger partial charge in [0.1, 0.15) is 0 Å². The number of nitrogens with one attached hydrogen (secondary N) is 1. The van der Waals surface area contributed by atoms with Crippen LogP contribution in [0.5, 0.6) is 0 Å². The molecule has 0 spiro atoms. The predicted octanol–water partition coefficient (Wildman–Crippen LogP) is 5.80. The first-order valence-electron chi connectivity index (χ1n) is 7.83. The highest BCUT2D eigenvalue weighted by Crippen LogP contribution is 2.26. The first-order chi connectivity index (χ1) is 10.1. The minimum Gasteiger partial charge on any atom is -0.384 e. The van der Waals surface area contributed by atoms with Crippen molar-refractivity contribution in [3.8, 4) is 0 Å². The van der Waals surface area contributed by atoms with Crippen molar-refractivity contribution in [3.63, 3.8) is 0 Å². The molecular weight excluding hydrogens is 288 g/mol. The highest BCUT2D eigenvalue weighted by atomic mass is 35.5. The number of nitro benzene ring substituents is 1. The Hall–Kier alpha value is -1.29. The Morgan fingerprint density at radius 2 is 1.71 bits per heavy atom. The summed E-state index contributed by atoms with van der Waals surface area (Å²) >= 11 is 6.03. The fourth-order valence-electron chi connectivity index (χ4n) is 2.24. The molecule has 118 valence electrons. The molecule has 0 atom stereocenters. The molecule has 1 aromatic rings. The van der Waals surface area contributed by atoms with Gasteiger partial charge in [0.25, 0.3) is 5.69 Å². The molecule has 21 heavy (non-hydrogen) atoms. The monoisotopic (exact) mass is 312 g/mol. The average molecular weight is 313 g/mol. The summed E-state index contributed by atoms with van der Waals surface area (Å²) in [6, 6.07) is 4.48. The summed E-state index contributed by atoms with van der Waals surface area (Å²) in [5.74, 6) is 0. The van der Waals surface area contributed by atoms with Gasteiger partial charge in [-0.1, -0.05) is 63.5 Å². The third kappa shape index (κ3) is 7.32. The summed E-state index contributed by atoms with van der Waals surface area (Å²) < 4.78 is 0. The van der Waals surface area contributed by atoms with Crippen molar-refractivity contribution in [2.45, 2.75) is 58.3 Å². The largest absolute Gasteiger partial charge is 0.384 e. The number of non-ortho nitro benzene ring substituents is 1. The van der Waals surface area contributed by atoms with E-state index < -0.39 is 4.92 Å². The van der Waals surface area contributed by atoms with Gasteiger partial charge >= 0.3 is 0 Å². The molecule has 4 nitrogen and oxygen atoms in total. The first kappa shape index (κ1) is 17.8. The summed E-state index contributed by atoms with van der Waals surface area (Å²) in [7, 11) is 0. The van der Waals surface area contributed by atoms with Crippen LogP contribution in [0.1, 0.15) is 58.3 Å². The molecule has 1 N–H and O–H groups in total. The number of nitrogens with zero attached hydrogens (tertiary/aromatic N) is 1. The molecule has 0 radical (unpaired) electrons. The molecule has 0 bridgehead atoms. The average Bonchev–Trinajstić information content (AvgIpc) is 2.47. The second-order valence-corrected chi connectivity index (χ2v) is 5.73. The van der Waals surface area contributed by atoms with E-state index in [9.17, 15) is 10.1 Å². The Balaban J connectivity index is 2.18. The fourth-order valence-corrected chi connectivity index (χ4v) is 2.43. The van der Waals surface area contributed by atoms with Crippen molar-refractivity contribution in [2.75, 3.05) is 11.9 Å². The first-order valence-corrected chi connectivity index (χ1v) is 8.20. The maximum atomic E-state index is 10.7. The van der Waals surface area contributed by atoms with Gasteiger partial charge in [-0.05, 0) is 12.5 Å². The highest BCUT2D eigenvalue weighted by Gasteiger charge is 2.08. The van der Waals surface area contributed by atoms with E-state index in [-0.39, 0.29) is 5.69 Å². The molecule has 0 saturated carbocycles. The van der Waals surface area contributed by atoms with Crippen LogP contribution in [0.3, 0.4) is 0 Å². The fraction of sp³-hybridized carbons (Fsp3) is 0.625. The predicted molar refractivity (Wildman–Crippen MR) is 89.2 cm³/mol. The topological polar surface area (TPSA) is 55.2 Å². The van der Waals surface area contributed by atoms with E-state index in [0.717, 1.165) is 13.0 Å². The smallest absolute Gasteiger partial charge is 0.271 e. The normalized spacial score (nSPS) is 10.6. The van der Waals surface area contributed by atoms with E-state index in [2.05, 4.69) is 12.2 Å². The Kier molecular flexibility index (Phi) is 8.83. The van der Waals surface area contributed by atoms with E-state index >= 15 is 0 Å². The van der Waals surface area contributed by atoms with Gasteiger partial charge < -0.3 is 5.32 Å². The number of hydrogen-bond acceptors (Lipinski definition) is 3. The van der Waals surface area contributed by atoms with Gasteiger partial charge in [-0.3, -0.25) is 10.1 Å². The number of rotatable bonds is 11. The number of benzene rings is 1. The van der Waals surface area contributed by atoms with E-state index in [1.807, 2.05) is 0 Å². The summed E-state index contributed by atoms with van der Waals surface area (Å²) in [4.78, 5) is 10.3. The number of hydrogen-bond donors (Lipinski definition) is 1. The zero-order chi connectivity index (χ0) is 15.5. The molecule has 0 amide bonds. The van der Waals surface area contributed by atoms with Crippen LogP contribution in [0.4, 0.5) is 11.4 Å². The maximum Gasteiger partial charge on any atom is 0.271 e. The third-order valence-corrected chi connectivity index (χ3v) is 3.84. The zero-order valence-corrected chi connectivity index (χ0v) is 13.5. The van der Waals surface area contributed by atoms with E-state index in [0.29, 0.717) is 10.7 Å². The van der Waals surface area contributed by atoms with Gasteiger partial charge in [0.05, 0.1) is 15.6 Å². The molecule has 0 fully saturated rings. The molecule has 0 aliphatic rings. The Morgan fingerprint density at radius 1 is 1.10 bits per heavy atom. The van der Waals surface area contributed by atoms with Gasteiger partial charge in [0, 0.05) is 18.7 Å². The molecule has 0 saturated heterocycles. The minimum atomic E-state index is -0.405. The van der Waals surface area contributed by atoms with Crippen LogP contribution in [0.15, 0.2) is 18.2 Å². The van der Waals surface area contributed by atoms with Crippen molar-refractivity contribution in [1.82, 2.24) is 0 Å². The Bertz CT molecular complexity index is 438. The van der Waals surface area contributed by atoms with Crippen LogP contribution in [0.2, 0.25) is 5.02 Å². The second kappa shape index (κ2) is 10.4.